The van der Waals surface area contributed by atoms with Crippen LogP contribution in [0.1, 0.15) is 71.3 Å². The first-order valence-corrected chi connectivity index (χ1v) is 12.3. The van der Waals surface area contributed by atoms with Gasteiger partial charge in [0.25, 0.3) is 0 Å². The fraction of sp³-hybridized carbons (Fsp3) is 0.700. The quantitative estimate of drug-likeness (QED) is 0.103. The highest BCUT2D eigenvalue weighted by Crippen LogP contribution is 2.27. The minimum Gasteiger partial charge on any atom is -0.394 e. The SMILES string of the molecule is CCCCCCCCCO[Si](CC)(CC)OCc1c(F)c(F)c(F)c(F)c1F. The lowest BCUT2D eigenvalue weighted by Gasteiger charge is -2.29. The first-order chi connectivity index (χ1) is 13.3. The zero-order valence-electron chi connectivity index (χ0n) is 17.0. The Balaban J connectivity index is 2.63. The average Bonchev–Trinajstić information content (AvgIpc) is 2.71. The molecule has 0 unspecified atom stereocenters. The lowest BCUT2D eigenvalue weighted by molar-refractivity contribution is 0.153. The summed E-state index contributed by atoms with van der Waals surface area (Å²) in [6, 6.07) is 1.05. The van der Waals surface area contributed by atoms with E-state index in [0.29, 0.717) is 18.7 Å². The monoisotopic (exact) mass is 426 g/mol. The van der Waals surface area contributed by atoms with Gasteiger partial charge in [-0.3, -0.25) is 0 Å². The minimum atomic E-state index is -2.77. The Morgan fingerprint density at radius 2 is 1.07 bits per heavy atom. The summed E-state index contributed by atoms with van der Waals surface area (Å²) < 4.78 is 79.1. The molecular weight excluding hydrogens is 395 g/mol. The Kier molecular flexibility index (Phi) is 11.2. The number of halogens is 5. The molecule has 0 saturated carbocycles. The zero-order chi connectivity index (χ0) is 21.2. The van der Waals surface area contributed by atoms with E-state index in [-0.39, 0.29) is 0 Å². The first kappa shape index (κ1) is 25.0. The molecule has 0 spiro atoms. The van der Waals surface area contributed by atoms with Crippen molar-refractivity contribution in [3.63, 3.8) is 0 Å². The molecule has 0 aliphatic rings. The molecule has 1 aromatic rings. The highest BCUT2D eigenvalue weighted by Gasteiger charge is 2.35. The fourth-order valence-electron chi connectivity index (χ4n) is 3.00. The average molecular weight is 427 g/mol. The topological polar surface area (TPSA) is 18.5 Å². The third-order valence-corrected chi connectivity index (χ3v) is 8.53. The van der Waals surface area contributed by atoms with Crippen molar-refractivity contribution >= 4 is 8.56 Å². The van der Waals surface area contributed by atoms with Crippen LogP contribution in [-0.4, -0.2) is 15.2 Å². The highest BCUT2D eigenvalue weighted by atomic mass is 28.4. The molecule has 1 rings (SSSR count). The van der Waals surface area contributed by atoms with E-state index in [1.807, 2.05) is 13.8 Å². The van der Waals surface area contributed by atoms with E-state index in [2.05, 4.69) is 6.92 Å². The smallest absolute Gasteiger partial charge is 0.337 e. The molecule has 0 bridgehead atoms. The van der Waals surface area contributed by atoms with Crippen molar-refractivity contribution in [2.45, 2.75) is 84.4 Å². The highest BCUT2D eigenvalue weighted by molar-refractivity contribution is 6.67. The molecule has 8 heteroatoms. The summed E-state index contributed by atoms with van der Waals surface area (Å²) in [6.45, 7) is 5.63. The van der Waals surface area contributed by atoms with Crippen LogP contribution in [-0.2, 0) is 15.5 Å². The Bertz CT molecular complexity index is 580. The molecule has 0 aliphatic carbocycles. The Hall–Kier alpha value is -0.993. The summed E-state index contributed by atoms with van der Waals surface area (Å²) in [7, 11) is -2.77. The van der Waals surface area contributed by atoms with Crippen LogP contribution in [0.4, 0.5) is 22.0 Å². The summed E-state index contributed by atoms with van der Waals surface area (Å²) in [5.41, 5.74) is -0.949. The van der Waals surface area contributed by atoms with E-state index < -0.39 is 49.8 Å². The molecule has 2 nitrogen and oxygen atoms in total. The number of benzene rings is 1. The fourth-order valence-corrected chi connectivity index (χ4v) is 5.32. The number of rotatable bonds is 14. The van der Waals surface area contributed by atoms with Gasteiger partial charge in [0.05, 0.1) is 12.2 Å². The Labute approximate surface area is 165 Å². The molecule has 0 fully saturated rings. The molecule has 0 N–H and O–H groups in total. The number of hydrogen-bond acceptors (Lipinski definition) is 2. The maximum absolute atomic E-state index is 13.8. The molecule has 162 valence electrons. The van der Waals surface area contributed by atoms with E-state index in [9.17, 15) is 22.0 Å². The summed E-state index contributed by atoms with van der Waals surface area (Å²) in [5.74, 6) is -9.77. The van der Waals surface area contributed by atoms with E-state index >= 15 is 0 Å². The van der Waals surface area contributed by atoms with Gasteiger partial charge in [-0.1, -0.05) is 59.3 Å². The second-order valence-electron chi connectivity index (χ2n) is 6.92. The summed E-state index contributed by atoms with van der Waals surface area (Å²) in [5, 5.41) is 0. The predicted octanol–water partition coefficient (Wildman–Crippen LogP) is 7.15. The molecule has 0 saturated heterocycles. The van der Waals surface area contributed by atoms with Gasteiger partial charge >= 0.3 is 8.56 Å². The normalized spacial score (nSPS) is 12.0. The van der Waals surface area contributed by atoms with Crippen molar-refractivity contribution in [3.05, 3.63) is 34.6 Å². The van der Waals surface area contributed by atoms with Crippen LogP contribution < -0.4 is 0 Å². The summed E-state index contributed by atoms with van der Waals surface area (Å²) in [6.07, 6.45) is 7.86. The van der Waals surface area contributed by atoms with Crippen LogP contribution in [0.3, 0.4) is 0 Å². The maximum atomic E-state index is 13.8. The van der Waals surface area contributed by atoms with Gasteiger partial charge in [0, 0.05) is 6.61 Å². The predicted molar refractivity (Wildman–Crippen MR) is 102 cm³/mol. The molecule has 0 heterocycles. The molecule has 0 amide bonds. The van der Waals surface area contributed by atoms with E-state index in [1.165, 1.54) is 25.7 Å². The van der Waals surface area contributed by atoms with Crippen LogP contribution in [0.5, 0.6) is 0 Å². The Morgan fingerprint density at radius 3 is 1.57 bits per heavy atom. The van der Waals surface area contributed by atoms with Crippen molar-refractivity contribution < 1.29 is 30.8 Å². The van der Waals surface area contributed by atoms with Crippen LogP contribution in [0.2, 0.25) is 12.1 Å². The molecule has 0 aliphatic heterocycles. The number of unbranched alkanes of at least 4 members (excludes halogenated alkanes) is 6. The van der Waals surface area contributed by atoms with Gasteiger partial charge in [0.2, 0.25) is 5.82 Å². The number of hydrogen-bond donors (Lipinski definition) is 0. The van der Waals surface area contributed by atoms with Crippen molar-refractivity contribution in [3.8, 4) is 0 Å². The lowest BCUT2D eigenvalue weighted by Crippen LogP contribution is -2.41. The van der Waals surface area contributed by atoms with Gasteiger partial charge in [0.1, 0.15) is 0 Å². The third kappa shape index (κ3) is 6.81. The van der Waals surface area contributed by atoms with Gasteiger partial charge in [0.15, 0.2) is 23.3 Å². The largest absolute Gasteiger partial charge is 0.394 e. The Morgan fingerprint density at radius 1 is 0.607 bits per heavy atom. The van der Waals surface area contributed by atoms with E-state index in [0.717, 1.165) is 19.3 Å². The standard InChI is InChI=1S/C20H31F5O2Si/c1-4-7-8-9-10-11-12-13-26-28(5-2,6-3)27-14-15-16(21)18(23)20(25)19(24)17(15)22/h4-14H2,1-3H3. The second kappa shape index (κ2) is 12.5. The molecular formula is C20H31F5O2Si. The van der Waals surface area contributed by atoms with Crippen LogP contribution in [0.25, 0.3) is 0 Å². The van der Waals surface area contributed by atoms with Crippen LogP contribution >= 0.6 is 0 Å². The molecule has 0 aromatic heterocycles. The van der Waals surface area contributed by atoms with Gasteiger partial charge in [-0.25, -0.2) is 22.0 Å². The first-order valence-electron chi connectivity index (χ1n) is 10.1. The zero-order valence-corrected chi connectivity index (χ0v) is 18.0. The summed E-state index contributed by atoms with van der Waals surface area (Å²) in [4.78, 5) is 0. The van der Waals surface area contributed by atoms with E-state index in [4.69, 9.17) is 8.85 Å². The molecule has 0 radical (unpaired) electrons. The third-order valence-electron chi connectivity index (χ3n) is 4.97. The van der Waals surface area contributed by atoms with Crippen molar-refractivity contribution in [2.24, 2.45) is 0 Å². The van der Waals surface area contributed by atoms with E-state index in [1.54, 1.807) is 0 Å². The van der Waals surface area contributed by atoms with Crippen molar-refractivity contribution in [2.75, 3.05) is 6.61 Å². The van der Waals surface area contributed by atoms with Gasteiger partial charge in [-0.15, -0.1) is 0 Å². The lowest BCUT2D eigenvalue weighted by atomic mass is 10.1. The molecule has 28 heavy (non-hydrogen) atoms. The second-order valence-corrected chi connectivity index (χ2v) is 10.7. The van der Waals surface area contributed by atoms with Crippen molar-refractivity contribution in [1.82, 2.24) is 0 Å². The van der Waals surface area contributed by atoms with Gasteiger partial charge in [-0.05, 0) is 18.5 Å². The minimum absolute atomic E-state index is 0.471. The molecule has 1 aromatic carbocycles. The van der Waals surface area contributed by atoms with Crippen LogP contribution in [0.15, 0.2) is 0 Å². The van der Waals surface area contributed by atoms with Crippen LogP contribution in [0, 0.1) is 29.1 Å². The van der Waals surface area contributed by atoms with Gasteiger partial charge in [-0.2, -0.15) is 0 Å². The molecule has 0 atom stereocenters. The maximum Gasteiger partial charge on any atom is 0.337 e. The van der Waals surface area contributed by atoms with Gasteiger partial charge < -0.3 is 8.85 Å². The summed E-state index contributed by atoms with van der Waals surface area (Å²) >= 11 is 0. The van der Waals surface area contributed by atoms with Crippen molar-refractivity contribution in [1.29, 1.82) is 0 Å².